The number of hydrogen-bond donors (Lipinski definition) is 0. The number of aryl methyl sites for hydroxylation is 1. The zero-order chi connectivity index (χ0) is 10.7. The van der Waals surface area contributed by atoms with Gasteiger partial charge in [0.05, 0.1) is 6.42 Å². The second kappa shape index (κ2) is 4.04. The molecule has 0 unspecified atom stereocenters. The second-order valence-corrected chi connectivity index (χ2v) is 3.25. The summed E-state index contributed by atoms with van der Waals surface area (Å²) in [6.45, 7) is 2.01. The van der Waals surface area contributed by atoms with Crippen LogP contribution in [0.15, 0.2) is 28.8 Å². The minimum absolute atomic E-state index is 0.166. The third-order valence-electron chi connectivity index (χ3n) is 2.04. The lowest BCUT2D eigenvalue weighted by molar-refractivity contribution is -0.107. The van der Waals surface area contributed by atoms with Crippen LogP contribution in [-0.2, 0) is 11.2 Å². The summed E-state index contributed by atoms with van der Waals surface area (Å²) in [5.41, 5.74) is 2.07. The molecule has 76 valence electrons. The number of aldehydes is 1. The topological polar surface area (TPSA) is 56.0 Å². The van der Waals surface area contributed by atoms with Crippen LogP contribution in [0.25, 0.3) is 11.4 Å². The van der Waals surface area contributed by atoms with E-state index in [4.69, 9.17) is 4.52 Å². The standard InChI is InChI=1S/C11H10N2O2/c1-8-2-4-9(5-3-8)11-12-10(6-7-14)15-13-11/h2-5,7H,6H2,1H3. The molecule has 0 aliphatic carbocycles. The van der Waals surface area contributed by atoms with Gasteiger partial charge in [-0.05, 0) is 6.92 Å². The number of benzene rings is 1. The Morgan fingerprint density at radius 2 is 2.07 bits per heavy atom. The van der Waals surface area contributed by atoms with Crippen molar-refractivity contribution < 1.29 is 9.32 Å². The first-order valence-electron chi connectivity index (χ1n) is 4.63. The second-order valence-electron chi connectivity index (χ2n) is 3.25. The molecule has 0 N–H and O–H groups in total. The summed E-state index contributed by atoms with van der Waals surface area (Å²) in [5.74, 6) is 0.868. The maximum absolute atomic E-state index is 10.2. The Labute approximate surface area is 86.9 Å². The maximum Gasteiger partial charge on any atom is 0.234 e. The number of carbonyl (C=O) groups excluding carboxylic acids is 1. The monoisotopic (exact) mass is 202 g/mol. The quantitative estimate of drug-likeness (QED) is 0.712. The highest BCUT2D eigenvalue weighted by molar-refractivity contribution is 5.56. The van der Waals surface area contributed by atoms with Crippen LogP contribution in [0.5, 0.6) is 0 Å². The molecular formula is C11H10N2O2. The average molecular weight is 202 g/mol. The van der Waals surface area contributed by atoms with Gasteiger partial charge in [-0.3, -0.25) is 0 Å². The summed E-state index contributed by atoms with van der Waals surface area (Å²) in [7, 11) is 0. The predicted octanol–water partition coefficient (Wildman–Crippen LogP) is 1.79. The Morgan fingerprint density at radius 3 is 2.73 bits per heavy atom. The number of nitrogens with zero attached hydrogens (tertiary/aromatic N) is 2. The Kier molecular flexibility index (Phi) is 2.58. The molecule has 4 heteroatoms. The summed E-state index contributed by atoms with van der Waals surface area (Å²) >= 11 is 0. The van der Waals surface area contributed by atoms with Crippen molar-refractivity contribution in [3.63, 3.8) is 0 Å². The molecule has 0 aliphatic heterocycles. The summed E-state index contributed by atoms with van der Waals surface area (Å²) in [6.07, 6.45) is 0.908. The molecule has 0 amide bonds. The third kappa shape index (κ3) is 2.10. The van der Waals surface area contributed by atoms with Gasteiger partial charge in [0, 0.05) is 5.56 Å². The fourth-order valence-electron chi connectivity index (χ4n) is 1.23. The van der Waals surface area contributed by atoms with E-state index in [1.165, 1.54) is 5.56 Å². The van der Waals surface area contributed by atoms with E-state index in [9.17, 15) is 4.79 Å². The molecule has 4 nitrogen and oxygen atoms in total. The highest BCUT2D eigenvalue weighted by Crippen LogP contribution is 2.16. The van der Waals surface area contributed by atoms with Crippen molar-refractivity contribution >= 4 is 6.29 Å². The van der Waals surface area contributed by atoms with Crippen LogP contribution < -0.4 is 0 Å². The van der Waals surface area contributed by atoms with E-state index in [2.05, 4.69) is 10.1 Å². The van der Waals surface area contributed by atoms with Gasteiger partial charge in [-0.15, -0.1) is 0 Å². The first kappa shape index (κ1) is 9.58. The zero-order valence-corrected chi connectivity index (χ0v) is 8.30. The molecular weight excluding hydrogens is 192 g/mol. The molecule has 0 bridgehead atoms. The van der Waals surface area contributed by atoms with Gasteiger partial charge in [0.2, 0.25) is 11.7 Å². The molecule has 0 spiro atoms. The molecule has 15 heavy (non-hydrogen) atoms. The average Bonchev–Trinajstić information content (AvgIpc) is 2.68. The third-order valence-corrected chi connectivity index (χ3v) is 2.04. The van der Waals surface area contributed by atoms with E-state index in [1.807, 2.05) is 31.2 Å². The fraction of sp³-hybridized carbons (Fsp3) is 0.182. The molecule has 0 saturated carbocycles. The molecule has 0 fully saturated rings. The van der Waals surface area contributed by atoms with Crippen LogP contribution in [0.2, 0.25) is 0 Å². The van der Waals surface area contributed by atoms with Crippen LogP contribution in [-0.4, -0.2) is 16.4 Å². The highest BCUT2D eigenvalue weighted by atomic mass is 16.5. The zero-order valence-electron chi connectivity index (χ0n) is 8.30. The van der Waals surface area contributed by atoms with Gasteiger partial charge in [0.25, 0.3) is 0 Å². The van der Waals surface area contributed by atoms with Crippen molar-refractivity contribution in [2.24, 2.45) is 0 Å². The smallest absolute Gasteiger partial charge is 0.234 e. The van der Waals surface area contributed by atoms with E-state index in [0.29, 0.717) is 11.7 Å². The number of carbonyl (C=O) groups is 1. The van der Waals surface area contributed by atoms with Crippen LogP contribution in [0.3, 0.4) is 0 Å². The summed E-state index contributed by atoms with van der Waals surface area (Å²) in [6, 6.07) is 7.80. The van der Waals surface area contributed by atoms with Crippen molar-refractivity contribution in [3.8, 4) is 11.4 Å². The summed E-state index contributed by atoms with van der Waals surface area (Å²) in [5, 5.41) is 3.79. The van der Waals surface area contributed by atoms with Crippen LogP contribution in [0, 0.1) is 6.92 Å². The summed E-state index contributed by atoms with van der Waals surface area (Å²) < 4.78 is 4.90. The molecule has 0 aliphatic rings. The van der Waals surface area contributed by atoms with Gasteiger partial charge in [-0.25, -0.2) is 0 Å². The predicted molar refractivity (Wildman–Crippen MR) is 54.2 cm³/mol. The van der Waals surface area contributed by atoms with Crippen molar-refractivity contribution in [2.45, 2.75) is 13.3 Å². The first-order valence-corrected chi connectivity index (χ1v) is 4.63. The summed E-state index contributed by atoms with van der Waals surface area (Å²) in [4.78, 5) is 14.3. The lowest BCUT2D eigenvalue weighted by Crippen LogP contribution is -1.85. The molecule has 2 rings (SSSR count). The van der Waals surface area contributed by atoms with Gasteiger partial charge in [0.15, 0.2) is 0 Å². The van der Waals surface area contributed by atoms with Crippen molar-refractivity contribution in [1.82, 2.24) is 10.1 Å². The van der Waals surface area contributed by atoms with Crippen LogP contribution in [0.1, 0.15) is 11.5 Å². The SMILES string of the molecule is Cc1ccc(-c2noc(CC=O)n2)cc1. The van der Waals surface area contributed by atoms with E-state index >= 15 is 0 Å². The van der Waals surface area contributed by atoms with Gasteiger partial charge in [-0.2, -0.15) is 4.98 Å². The van der Waals surface area contributed by atoms with E-state index in [1.54, 1.807) is 0 Å². The van der Waals surface area contributed by atoms with Gasteiger partial charge in [-0.1, -0.05) is 35.0 Å². The van der Waals surface area contributed by atoms with Crippen molar-refractivity contribution in [2.75, 3.05) is 0 Å². The van der Waals surface area contributed by atoms with Gasteiger partial charge in [0.1, 0.15) is 6.29 Å². The highest BCUT2D eigenvalue weighted by Gasteiger charge is 2.07. The molecule has 0 atom stereocenters. The minimum atomic E-state index is 0.166. The Balaban J connectivity index is 2.28. The minimum Gasteiger partial charge on any atom is -0.339 e. The van der Waals surface area contributed by atoms with Crippen molar-refractivity contribution in [3.05, 3.63) is 35.7 Å². The molecule has 0 radical (unpaired) electrons. The van der Waals surface area contributed by atoms with Crippen LogP contribution in [0.4, 0.5) is 0 Å². The molecule has 1 heterocycles. The largest absolute Gasteiger partial charge is 0.339 e. The van der Waals surface area contributed by atoms with Gasteiger partial charge < -0.3 is 9.32 Å². The lowest BCUT2D eigenvalue weighted by Gasteiger charge is -1.94. The van der Waals surface area contributed by atoms with Crippen LogP contribution >= 0.6 is 0 Å². The van der Waals surface area contributed by atoms with E-state index in [-0.39, 0.29) is 6.42 Å². The number of rotatable bonds is 3. The normalized spacial score (nSPS) is 10.2. The van der Waals surface area contributed by atoms with Crippen molar-refractivity contribution in [1.29, 1.82) is 0 Å². The number of hydrogen-bond acceptors (Lipinski definition) is 4. The Morgan fingerprint density at radius 1 is 1.33 bits per heavy atom. The van der Waals surface area contributed by atoms with Gasteiger partial charge >= 0.3 is 0 Å². The Bertz CT molecular complexity index is 460. The Hall–Kier alpha value is -1.97. The maximum atomic E-state index is 10.2. The lowest BCUT2D eigenvalue weighted by atomic mass is 10.1. The molecule has 1 aromatic heterocycles. The van der Waals surface area contributed by atoms with E-state index in [0.717, 1.165) is 11.8 Å². The van der Waals surface area contributed by atoms with E-state index < -0.39 is 0 Å². The number of aromatic nitrogens is 2. The molecule has 1 aromatic carbocycles. The molecule has 2 aromatic rings. The fourth-order valence-corrected chi connectivity index (χ4v) is 1.23. The first-order chi connectivity index (χ1) is 7.29. The molecule has 0 saturated heterocycles.